The zero-order valence-electron chi connectivity index (χ0n) is 6.99. The SMILES string of the molecule is Nc1ccc2c(c1)OCC(C=O)N2. The molecule has 1 unspecified atom stereocenters. The predicted octanol–water partition coefficient (Wildman–Crippen LogP) is 0.641. The number of nitrogens with two attached hydrogens (primary N) is 1. The van der Waals surface area contributed by atoms with Gasteiger partial charge in [0.1, 0.15) is 24.7 Å². The van der Waals surface area contributed by atoms with E-state index in [2.05, 4.69) is 5.32 Å². The van der Waals surface area contributed by atoms with Crippen LogP contribution in [0.3, 0.4) is 0 Å². The van der Waals surface area contributed by atoms with Gasteiger partial charge in [0.15, 0.2) is 0 Å². The number of ether oxygens (including phenoxy) is 1. The van der Waals surface area contributed by atoms with Gasteiger partial charge in [0.05, 0.1) is 5.69 Å². The summed E-state index contributed by atoms with van der Waals surface area (Å²) < 4.78 is 5.33. The van der Waals surface area contributed by atoms with Crippen LogP contribution in [0.25, 0.3) is 0 Å². The maximum atomic E-state index is 10.5. The van der Waals surface area contributed by atoms with E-state index < -0.39 is 0 Å². The first-order valence-electron chi connectivity index (χ1n) is 4.04. The van der Waals surface area contributed by atoms with Crippen LogP contribution in [-0.4, -0.2) is 18.9 Å². The maximum absolute atomic E-state index is 10.5. The van der Waals surface area contributed by atoms with Crippen molar-refractivity contribution in [2.45, 2.75) is 6.04 Å². The van der Waals surface area contributed by atoms with Gasteiger partial charge in [0, 0.05) is 11.8 Å². The van der Waals surface area contributed by atoms with Gasteiger partial charge in [-0.05, 0) is 12.1 Å². The molecule has 0 saturated heterocycles. The van der Waals surface area contributed by atoms with Crippen LogP contribution < -0.4 is 15.8 Å². The third kappa shape index (κ3) is 1.42. The second-order valence-electron chi connectivity index (χ2n) is 2.95. The van der Waals surface area contributed by atoms with Gasteiger partial charge in [-0.2, -0.15) is 0 Å². The monoisotopic (exact) mass is 178 g/mol. The van der Waals surface area contributed by atoms with E-state index in [9.17, 15) is 4.79 Å². The van der Waals surface area contributed by atoms with Crippen LogP contribution in [0, 0.1) is 0 Å². The highest BCUT2D eigenvalue weighted by Gasteiger charge is 2.17. The van der Waals surface area contributed by atoms with Crippen molar-refractivity contribution in [3.05, 3.63) is 18.2 Å². The highest BCUT2D eigenvalue weighted by atomic mass is 16.5. The average Bonchev–Trinajstić information content (AvgIpc) is 2.17. The van der Waals surface area contributed by atoms with Gasteiger partial charge in [-0.15, -0.1) is 0 Å². The van der Waals surface area contributed by atoms with E-state index in [0.717, 1.165) is 12.0 Å². The summed E-state index contributed by atoms with van der Waals surface area (Å²) in [5, 5.41) is 3.03. The predicted molar refractivity (Wildman–Crippen MR) is 49.8 cm³/mol. The summed E-state index contributed by atoms with van der Waals surface area (Å²) in [7, 11) is 0. The Bertz CT molecular complexity index is 338. The Morgan fingerprint density at radius 3 is 3.23 bits per heavy atom. The number of aldehydes is 1. The zero-order valence-corrected chi connectivity index (χ0v) is 6.99. The van der Waals surface area contributed by atoms with Gasteiger partial charge < -0.3 is 20.6 Å². The molecule has 13 heavy (non-hydrogen) atoms. The first-order chi connectivity index (χ1) is 6.29. The fraction of sp³-hybridized carbons (Fsp3) is 0.222. The van der Waals surface area contributed by atoms with Crippen molar-refractivity contribution in [2.75, 3.05) is 17.7 Å². The molecule has 0 aromatic heterocycles. The fourth-order valence-electron chi connectivity index (χ4n) is 1.27. The molecular weight excluding hydrogens is 168 g/mol. The Hall–Kier alpha value is -1.71. The minimum atomic E-state index is -0.254. The number of nitrogen functional groups attached to an aromatic ring is 1. The summed E-state index contributed by atoms with van der Waals surface area (Å²) in [5.41, 5.74) is 7.05. The van der Waals surface area contributed by atoms with E-state index in [4.69, 9.17) is 10.5 Å². The van der Waals surface area contributed by atoms with Crippen molar-refractivity contribution in [3.63, 3.8) is 0 Å². The van der Waals surface area contributed by atoms with Crippen molar-refractivity contribution in [1.29, 1.82) is 0 Å². The molecule has 3 N–H and O–H groups in total. The van der Waals surface area contributed by atoms with Crippen molar-refractivity contribution in [1.82, 2.24) is 0 Å². The van der Waals surface area contributed by atoms with E-state index in [-0.39, 0.29) is 6.04 Å². The quantitative estimate of drug-likeness (QED) is 0.489. The van der Waals surface area contributed by atoms with Crippen LogP contribution in [-0.2, 0) is 4.79 Å². The normalized spacial score (nSPS) is 19.5. The third-order valence-corrected chi connectivity index (χ3v) is 1.93. The molecule has 1 heterocycles. The topological polar surface area (TPSA) is 64.3 Å². The standard InChI is InChI=1S/C9H10N2O2/c10-6-1-2-8-9(3-6)13-5-7(4-12)11-8/h1-4,7,11H,5,10H2. The highest BCUT2D eigenvalue weighted by molar-refractivity contribution is 5.71. The summed E-state index contributed by atoms with van der Waals surface area (Å²) in [6.07, 6.45) is 0.833. The fourth-order valence-corrected chi connectivity index (χ4v) is 1.27. The molecule has 0 spiro atoms. The lowest BCUT2D eigenvalue weighted by Gasteiger charge is -2.23. The number of anilines is 2. The summed E-state index contributed by atoms with van der Waals surface area (Å²) in [4.78, 5) is 10.5. The molecule has 0 amide bonds. The minimum absolute atomic E-state index is 0.254. The largest absolute Gasteiger partial charge is 0.489 e. The van der Waals surface area contributed by atoms with E-state index in [1.165, 1.54) is 0 Å². The Labute approximate surface area is 75.7 Å². The van der Waals surface area contributed by atoms with Gasteiger partial charge in [-0.1, -0.05) is 0 Å². The van der Waals surface area contributed by atoms with Crippen molar-refractivity contribution >= 4 is 17.7 Å². The van der Waals surface area contributed by atoms with Crippen molar-refractivity contribution in [3.8, 4) is 5.75 Å². The van der Waals surface area contributed by atoms with Crippen LogP contribution in [0.15, 0.2) is 18.2 Å². The number of nitrogens with one attached hydrogen (secondary N) is 1. The van der Waals surface area contributed by atoms with Crippen LogP contribution in [0.1, 0.15) is 0 Å². The molecule has 2 rings (SSSR count). The van der Waals surface area contributed by atoms with Crippen LogP contribution in [0.4, 0.5) is 11.4 Å². The summed E-state index contributed by atoms with van der Waals surface area (Å²) >= 11 is 0. The molecule has 1 atom stereocenters. The molecule has 0 saturated carbocycles. The summed E-state index contributed by atoms with van der Waals surface area (Å²) in [5.74, 6) is 0.707. The van der Waals surface area contributed by atoms with Gasteiger partial charge >= 0.3 is 0 Å². The lowest BCUT2D eigenvalue weighted by atomic mass is 10.2. The van der Waals surface area contributed by atoms with Gasteiger partial charge in [0.2, 0.25) is 0 Å². The first kappa shape index (κ1) is 7.91. The lowest BCUT2D eigenvalue weighted by Crippen LogP contribution is -2.32. The smallest absolute Gasteiger partial charge is 0.145 e. The summed E-state index contributed by atoms with van der Waals surface area (Å²) in [6.45, 7) is 0.361. The second-order valence-corrected chi connectivity index (χ2v) is 2.95. The number of hydrogen-bond donors (Lipinski definition) is 2. The Kier molecular flexibility index (Phi) is 1.81. The molecule has 1 aromatic rings. The molecule has 0 aliphatic carbocycles. The number of benzene rings is 1. The molecule has 4 nitrogen and oxygen atoms in total. The van der Waals surface area contributed by atoms with Crippen molar-refractivity contribution in [2.24, 2.45) is 0 Å². The van der Waals surface area contributed by atoms with E-state index >= 15 is 0 Å². The Morgan fingerprint density at radius 2 is 2.46 bits per heavy atom. The zero-order chi connectivity index (χ0) is 9.26. The van der Waals surface area contributed by atoms with Gasteiger partial charge in [0.25, 0.3) is 0 Å². The molecule has 68 valence electrons. The first-order valence-corrected chi connectivity index (χ1v) is 4.04. The third-order valence-electron chi connectivity index (χ3n) is 1.93. The van der Waals surface area contributed by atoms with E-state index in [0.29, 0.717) is 18.0 Å². The Balaban J connectivity index is 2.31. The molecule has 0 bridgehead atoms. The number of carbonyl (C=O) groups is 1. The van der Waals surface area contributed by atoms with Gasteiger partial charge in [-0.3, -0.25) is 0 Å². The number of rotatable bonds is 1. The molecule has 1 aliphatic heterocycles. The van der Waals surface area contributed by atoms with Crippen LogP contribution in [0.2, 0.25) is 0 Å². The molecule has 1 aromatic carbocycles. The molecule has 1 aliphatic rings. The molecule has 4 heteroatoms. The maximum Gasteiger partial charge on any atom is 0.145 e. The molecule has 0 radical (unpaired) electrons. The van der Waals surface area contributed by atoms with E-state index in [1.54, 1.807) is 18.2 Å². The Morgan fingerprint density at radius 1 is 1.62 bits per heavy atom. The minimum Gasteiger partial charge on any atom is -0.489 e. The van der Waals surface area contributed by atoms with E-state index in [1.807, 2.05) is 0 Å². The lowest BCUT2D eigenvalue weighted by molar-refractivity contribution is -0.109. The van der Waals surface area contributed by atoms with Crippen LogP contribution >= 0.6 is 0 Å². The number of carbonyl (C=O) groups excluding carboxylic acids is 1. The van der Waals surface area contributed by atoms with Gasteiger partial charge in [-0.25, -0.2) is 0 Å². The number of hydrogen-bond acceptors (Lipinski definition) is 4. The summed E-state index contributed by atoms with van der Waals surface area (Å²) in [6, 6.07) is 5.06. The second kappa shape index (κ2) is 2.97. The highest BCUT2D eigenvalue weighted by Crippen LogP contribution is 2.30. The van der Waals surface area contributed by atoms with Crippen molar-refractivity contribution < 1.29 is 9.53 Å². The van der Waals surface area contributed by atoms with Crippen LogP contribution in [0.5, 0.6) is 5.75 Å². The number of fused-ring (bicyclic) bond motifs is 1. The average molecular weight is 178 g/mol. The molecular formula is C9H10N2O2. The molecule has 0 fully saturated rings.